The van der Waals surface area contributed by atoms with Gasteiger partial charge in [-0.25, -0.2) is 4.39 Å². The lowest BCUT2D eigenvalue weighted by atomic mass is 10.1. The minimum atomic E-state index is -0.268. The average molecular weight is 253 g/mol. The molecule has 1 aliphatic heterocycles. The Morgan fingerprint density at radius 1 is 1.11 bits per heavy atom. The molecular weight excluding hydrogens is 241 g/mol. The van der Waals surface area contributed by atoms with Crippen LogP contribution in [0.5, 0.6) is 0 Å². The number of halogens is 1. The van der Waals surface area contributed by atoms with Crippen LogP contribution in [-0.4, -0.2) is 10.4 Å². The number of carbonyl (C=O) groups excluding carboxylic acids is 1. The Morgan fingerprint density at radius 2 is 1.84 bits per heavy atom. The number of hydrogen-bond acceptors (Lipinski definition) is 1. The molecule has 19 heavy (non-hydrogen) atoms. The van der Waals surface area contributed by atoms with Crippen molar-refractivity contribution in [3.05, 3.63) is 59.2 Å². The number of fused-ring (bicyclic) bond motifs is 1. The maximum Gasteiger partial charge on any atom is 0.179 e. The van der Waals surface area contributed by atoms with Crippen molar-refractivity contribution in [2.24, 2.45) is 0 Å². The molecule has 94 valence electrons. The van der Waals surface area contributed by atoms with Crippen LogP contribution in [0.2, 0.25) is 0 Å². The van der Waals surface area contributed by atoms with E-state index in [0.29, 0.717) is 6.42 Å². The van der Waals surface area contributed by atoms with Crippen LogP contribution in [0.1, 0.15) is 34.5 Å². The molecule has 2 heterocycles. The van der Waals surface area contributed by atoms with E-state index in [-0.39, 0.29) is 11.6 Å². The van der Waals surface area contributed by atoms with Gasteiger partial charge in [-0.3, -0.25) is 4.79 Å². The summed E-state index contributed by atoms with van der Waals surface area (Å²) in [5, 5.41) is 0. The number of rotatable bonds is 0. The highest BCUT2D eigenvalue weighted by Gasteiger charge is 2.17. The normalized spacial score (nSPS) is 13.6. The summed E-state index contributed by atoms with van der Waals surface area (Å²) in [4.78, 5) is 11.7. The lowest BCUT2D eigenvalue weighted by Crippen LogP contribution is -2.14. The largest absolute Gasteiger partial charge is 0.344 e. The second-order valence-electron chi connectivity index (χ2n) is 4.59. The summed E-state index contributed by atoms with van der Waals surface area (Å²) in [6.45, 7) is 0.874. The standard InChI is InChI=1S/C16H12FNO/c17-14-7-5-12(6-8-14)3-4-13-10-15-16(19)2-1-9-18(15)11-13/h5-8,10-11H,1-2,9H2. The number of aromatic nitrogens is 1. The number of nitrogens with zero attached hydrogens (tertiary/aromatic N) is 1. The smallest absolute Gasteiger partial charge is 0.179 e. The first-order valence-corrected chi connectivity index (χ1v) is 6.23. The van der Waals surface area contributed by atoms with Crippen LogP contribution < -0.4 is 0 Å². The van der Waals surface area contributed by atoms with E-state index in [9.17, 15) is 9.18 Å². The third kappa shape index (κ3) is 2.43. The van der Waals surface area contributed by atoms with Crippen molar-refractivity contribution >= 4 is 5.78 Å². The lowest BCUT2D eigenvalue weighted by molar-refractivity contribution is 0.0955. The van der Waals surface area contributed by atoms with E-state index in [1.807, 2.05) is 16.8 Å². The van der Waals surface area contributed by atoms with Crippen LogP contribution in [0.25, 0.3) is 0 Å². The first-order chi connectivity index (χ1) is 9.22. The van der Waals surface area contributed by atoms with Gasteiger partial charge in [0.05, 0.1) is 5.69 Å². The summed E-state index contributed by atoms with van der Waals surface area (Å²) >= 11 is 0. The Morgan fingerprint density at radius 3 is 2.58 bits per heavy atom. The van der Waals surface area contributed by atoms with E-state index in [4.69, 9.17) is 0 Å². The summed E-state index contributed by atoms with van der Waals surface area (Å²) in [7, 11) is 0. The molecule has 0 N–H and O–H groups in total. The number of ketones is 1. The molecule has 1 aliphatic rings. The molecule has 3 heteroatoms. The van der Waals surface area contributed by atoms with Crippen molar-refractivity contribution in [1.29, 1.82) is 0 Å². The number of Topliss-reactive ketones (excluding diaryl/α,β-unsaturated/α-hetero) is 1. The van der Waals surface area contributed by atoms with E-state index in [0.717, 1.165) is 29.8 Å². The molecule has 0 amide bonds. The van der Waals surface area contributed by atoms with Crippen LogP contribution in [0.3, 0.4) is 0 Å². The van der Waals surface area contributed by atoms with Crippen molar-refractivity contribution < 1.29 is 9.18 Å². The number of hydrogen-bond donors (Lipinski definition) is 0. The minimum Gasteiger partial charge on any atom is -0.344 e. The van der Waals surface area contributed by atoms with Crippen LogP contribution in [0.4, 0.5) is 4.39 Å². The molecule has 0 saturated heterocycles. The number of aryl methyl sites for hydroxylation is 1. The van der Waals surface area contributed by atoms with Gasteiger partial charge in [0.2, 0.25) is 0 Å². The third-order valence-corrected chi connectivity index (χ3v) is 3.18. The fourth-order valence-corrected chi connectivity index (χ4v) is 2.21. The highest BCUT2D eigenvalue weighted by molar-refractivity contribution is 5.95. The zero-order valence-corrected chi connectivity index (χ0v) is 10.3. The van der Waals surface area contributed by atoms with E-state index in [1.165, 1.54) is 12.1 Å². The molecule has 1 aromatic carbocycles. The van der Waals surface area contributed by atoms with Gasteiger partial charge in [-0.1, -0.05) is 11.8 Å². The first-order valence-electron chi connectivity index (χ1n) is 6.23. The van der Waals surface area contributed by atoms with Crippen LogP contribution in [0.15, 0.2) is 36.5 Å². The number of benzene rings is 1. The SMILES string of the molecule is O=C1CCCn2cc(C#Cc3ccc(F)cc3)cc21. The predicted octanol–water partition coefficient (Wildman–Crippen LogP) is 3.00. The van der Waals surface area contributed by atoms with Gasteiger partial charge in [0.25, 0.3) is 0 Å². The van der Waals surface area contributed by atoms with E-state index in [2.05, 4.69) is 11.8 Å². The average Bonchev–Trinajstić information content (AvgIpc) is 2.83. The Hall–Kier alpha value is -2.34. The first kappa shape index (κ1) is 11.7. The van der Waals surface area contributed by atoms with Gasteiger partial charge in [0.15, 0.2) is 5.78 Å². The Bertz CT molecular complexity index is 686. The fourth-order valence-electron chi connectivity index (χ4n) is 2.21. The van der Waals surface area contributed by atoms with Crippen molar-refractivity contribution in [2.75, 3.05) is 0 Å². The van der Waals surface area contributed by atoms with E-state index in [1.54, 1.807) is 12.1 Å². The highest BCUT2D eigenvalue weighted by atomic mass is 19.1. The summed E-state index contributed by atoms with van der Waals surface area (Å²) in [5.41, 5.74) is 2.33. The zero-order valence-electron chi connectivity index (χ0n) is 10.3. The monoisotopic (exact) mass is 253 g/mol. The molecule has 0 unspecified atom stereocenters. The zero-order chi connectivity index (χ0) is 13.2. The van der Waals surface area contributed by atoms with Crippen LogP contribution >= 0.6 is 0 Å². The van der Waals surface area contributed by atoms with Gasteiger partial charge in [0.1, 0.15) is 5.82 Å². The molecule has 3 rings (SSSR count). The number of carbonyl (C=O) groups is 1. The fraction of sp³-hybridized carbons (Fsp3) is 0.188. The summed E-state index contributed by atoms with van der Waals surface area (Å²) in [6, 6.07) is 7.89. The topological polar surface area (TPSA) is 22.0 Å². The van der Waals surface area contributed by atoms with Crippen LogP contribution in [-0.2, 0) is 6.54 Å². The molecule has 0 bridgehead atoms. The third-order valence-electron chi connectivity index (χ3n) is 3.18. The summed E-state index contributed by atoms with van der Waals surface area (Å²) in [6.07, 6.45) is 3.42. The Labute approximate surface area is 110 Å². The molecule has 1 aromatic heterocycles. The van der Waals surface area contributed by atoms with Crippen molar-refractivity contribution in [3.63, 3.8) is 0 Å². The quantitative estimate of drug-likeness (QED) is 0.661. The van der Waals surface area contributed by atoms with Gasteiger partial charge in [0, 0.05) is 30.3 Å². The maximum absolute atomic E-state index is 12.8. The second-order valence-corrected chi connectivity index (χ2v) is 4.59. The molecule has 0 saturated carbocycles. The van der Waals surface area contributed by atoms with Gasteiger partial charge in [-0.05, 0) is 36.8 Å². The van der Waals surface area contributed by atoms with Crippen molar-refractivity contribution in [1.82, 2.24) is 4.57 Å². The molecule has 0 aliphatic carbocycles. The van der Waals surface area contributed by atoms with E-state index < -0.39 is 0 Å². The van der Waals surface area contributed by atoms with Gasteiger partial charge in [-0.15, -0.1) is 0 Å². The molecule has 0 fully saturated rings. The molecule has 2 nitrogen and oxygen atoms in total. The van der Waals surface area contributed by atoms with Gasteiger partial charge < -0.3 is 4.57 Å². The highest BCUT2D eigenvalue weighted by Crippen LogP contribution is 2.17. The lowest BCUT2D eigenvalue weighted by Gasteiger charge is -2.12. The minimum absolute atomic E-state index is 0.182. The summed E-state index contributed by atoms with van der Waals surface area (Å²) < 4.78 is 14.7. The van der Waals surface area contributed by atoms with Crippen molar-refractivity contribution in [3.8, 4) is 11.8 Å². The Kier molecular flexibility index (Phi) is 2.92. The molecule has 0 spiro atoms. The van der Waals surface area contributed by atoms with E-state index >= 15 is 0 Å². The molecule has 2 aromatic rings. The second kappa shape index (κ2) is 4.74. The predicted molar refractivity (Wildman–Crippen MR) is 70.4 cm³/mol. The van der Waals surface area contributed by atoms with Crippen LogP contribution in [0, 0.1) is 17.7 Å². The Balaban J connectivity index is 1.88. The maximum atomic E-state index is 12.8. The molecule has 0 atom stereocenters. The summed E-state index contributed by atoms with van der Waals surface area (Å²) in [5.74, 6) is 5.90. The molecular formula is C16H12FNO. The van der Waals surface area contributed by atoms with Crippen molar-refractivity contribution in [2.45, 2.75) is 19.4 Å². The molecule has 0 radical (unpaired) electrons. The van der Waals surface area contributed by atoms with Gasteiger partial charge in [-0.2, -0.15) is 0 Å². The van der Waals surface area contributed by atoms with Gasteiger partial charge >= 0.3 is 0 Å².